The van der Waals surface area contributed by atoms with E-state index in [1.54, 1.807) is 0 Å². The van der Waals surface area contributed by atoms with Gasteiger partial charge in [-0.2, -0.15) is 0 Å². The van der Waals surface area contributed by atoms with Gasteiger partial charge in [-0.05, 0) is 0 Å². The molecule has 0 aromatic heterocycles. The fourth-order valence-electron chi connectivity index (χ4n) is 0. The van der Waals surface area contributed by atoms with Crippen LogP contribution in [0.15, 0.2) is 0 Å². The van der Waals surface area contributed by atoms with Crippen LogP contribution in [0.1, 0.15) is 6.92 Å². The quantitative estimate of drug-likeness (QED) is 0.275. The first-order valence-electron chi connectivity index (χ1n) is 1.30. The molecule has 0 spiro atoms. The molecule has 0 amide bonds. The van der Waals surface area contributed by atoms with Gasteiger partial charge in [-0.15, -0.1) is 0 Å². The van der Waals surface area contributed by atoms with Crippen LogP contribution >= 0.6 is 0 Å². The summed E-state index contributed by atoms with van der Waals surface area (Å²) in [7, 11) is 0. The molecular weight excluding hydrogens is 105 g/mol. The van der Waals surface area contributed by atoms with Gasteiger partial charge in [0.25, 0.3) is 0 Å². The molecule has 0 rings (SSSR count). The third kappa shape index (κ3) is 1450. The standard InChI is InChI=1S/C2H7NO2.ClH/c1-2(3,4)5;/h4-5H,3H2,1H3;1H. The van der Waals surface area contributed by atoms with E-state index in [9.17, 15) is 0 Å². The van der Waals surface area contributed by atoms with Crippen molar-refractivity contribution < 1.29 is 28.4 Å². The molecule has 0 aliphatic carbocycles. The van der Waals surface area contributed by atoms with Gasteiger partial charge in [-0.1, -0.05) is 0 Å². The number of quaternary nitrogens is 1. The second kappa shape index (κ2) is 2.36. The summed E-state index contributed by atoms with van der Waals surface area (Å²) in [6, 6.07) is 0. The molecule has 0 bridgehead atoms. The second-order valence-corrected chi connectivity index (χ2v) is 1.22. The molecule has 0 saturated carbocycles. The molecule has 0 heterocycles. The van der Waals surface area contributed by atoms with E-state index < -0.39 is 5.91 Å². The molecule has 0 atom stereocenters. The minimum Gasteiger partial charge on any atom is -1.00 e. The highest BCUT2D eigenvalue weighted by Crippen LogP contribution is 1.71. The van der Waals surface area contributed by atoms with E-state index in [1.165, 1.54) is 6.92 Å². The Hall–Kier alpha value is 0.170. The van der Waals surface area contributed by atoms with E-state index in [2.05, 4.69) is 5.73 Å². The highest BCUT2D eigenvalue weighted by Gasteiger charge is 2.06. The molecule has 0 saturated heterocycles. The molecule has 3 nitrogen and oxygen atoms in total. The van der Waals surface area contributed by atoms with Crippen LogP contribution in [-0.4, -0.2) is 16.1 Å². The molecule has 0 fully saturated rings. The van der Waals surface area contributed by atoms with Crippen molar-refractivity contribution in [2.75, 3.05) is 0 Å². The molecule has 40 valence electrons. The van der Waals surface area contributed by atoms with Crippen LogP contribution in [0.3, 0.4) is 0 Å². The molecule has 6 heavy (non-hydrogen) atoms. The van der Waals surface area contributed by atoms with Crippen LogP contribution in [0.25, 0.3) is 0 Å². The lowest BCUT2D eigenvalue weighted by molar-refractivity contribution is -0.611. The number of aliphatic hydroxyl groups is 2. The van der Waals surface area contributed by atoms with Gasteiger partial charge in [-0.3, -0.25) is 0 Å². The Morgan fingerprint density at radius 3 is 1.50 bits per heavy atom. The van der Waals surface area contributed by atoms with Gasteiger partial charge in [-0.25, -0.2) is 0 Å². The summed E-state index contributed by atoms with van der Waals surface area (Å²) in [6.45, 7) is 1.19. The van der Waals surface area contributed by atoms with Crippen molar-refractivity contribution in [3.05, 3.63) is 0 Å². The molecular formula is C2H8ClNO2. The Labute approximate surface area is 42.2 Å². The highest BCUT2D eigenvalue weighted by atomic mass is 35.5. The zero-order valence-electron chi connectivity index (χ0n) is 3.48. The SMILES string of the molecule is CC([NH3+])(O)O.[Cl-]. The van der Waals surface area contributed by atoms with E-state index in [0.717, 1.165) is 0 Å². The average molecular weight is 114 g/mol. The summed E-state index contributed by atoms with van der Waals surface area (Å²) in [5, 5.41) is 15.9. The van der Waals surface area contributed by atoms with E-state index in [0.29, 0.717) is 0 Å². The smallest absolute Gasteiger partial charge is 0.306 e. The molecule has 0 aromatic rings. The topological polar surface area (TPSA) is 68.1 Å². The minimum absolute atomic E-state index is 0. The summed E-state index contributed by atoms with van der Waals surface area (Å²) in [5.74, 6) is -1.75. The Morgan fingerprint density at radius 2 is 1.50 bits per heavy atom. The van der Waals surface area contributed by atoms with Crippen LogP contribution in [0.5, 0.6) is 0 Å². The summed E-state index contributed by atoms with van der Waals surface area (Å²) >= 11 is 0. The summed E-state index contributed by atoms with van der Waals surface area (Å²) in [4.78, 5) is 0. The molecule has 0 aliphatic rings. The van der Waals surface area contributed by atoms with Crippen molar-refractivity contribution in [2.24, 2.45) is 0 Å². The second-order valence-electron chi connectivity index (χ2n) is 1.22. The van der Waals surface area contributed by atoms with Crippen molar-refractivity contribution in [2.45, 2.75) is 12.8 Å². The fourth-order valence-corrected chi connectivity index (χ4v) is 0. The maximum atomic E-state index is 7.97. The summed E-state index contributed by atoms with van der Waals surface area (Å²) in [6.07, 6.45) is 0. The third-order valence-electron chi connectivity index (χ3n) is 0. The van der Waals surface area contributed by atoms with Crippen LogP contribution in [0.4, 0.5) is 0 Å². The normalized spacial score (nSPS) is 10.0. The van der Waals surface area contributed by atoms with Crippen molar-refractivity contribution >= 4 is 0 Å². The van der Waals surface area contributed by atoms with Crippen molar-refractivity contribution in [3.8, 4) is 0 Å². The monoisotopic (exact) mass is 113 g/mol. The minimum atomic E-state index is -1.75. The fraction of sp³-hybridized carbons (Fsp3) is 1.00. The predicted octanol–water partition coefficient (Wildman–Crippen LogP) is -5.11. The highest BCUT2D eigenvalue weighted by molar-refractivity contribution is 4.17. The Bertz CT molecular complexity index is 27.0. The van der Waals surface area contributed by atoms with Crippen LogP contribution < -0.4 is 18.1 Å². The van der Waals surface area contributed by atoms with Crippen LogP contribution in [0, 0.1) is 0 Å². The van der Waals surface area contributed by atoms with Gasteiger partial charge >= 0.3 is 5.91 Å². The van der Waals surface area contributed by atoms with Crippen molar-refractivity contribution in [3.63, 3.8) is 0 Å². The van der Waals surface area contributed by atoms with E-state index in [4.69, 9.17) is 10.2 Å². The van der Waals surface area contributed by atoms with Crippen molar-refractivity contribution in [1.82, 2.24) is 0 Å². The Kier molecular flexibility index (Phi) is 3.73. The maximum absolute atomic E-state index is 7.97. The summed E-state index contributed by atoms with van der Waals surface area (Å²) < 4.78 is 0. The zero-order valence-corrected chi connectivity index (χ0v) is 4.24. The molecule has 0 radical (unpaired) electrons. The maximum Gasteiger partial charge on any atom is 0.306 e. The largest absolute Gasteiger partial charge is 1.00 e. The summed E-state index contributed by atoms with van der Waals surface area (Å²) in [5.41, 5.74) is 2.88. The van der Waals surface area contributed by atoms with Gasteiger partial charge in [0.05, 0.1) is 0 Å². The first kappa shape index (κ1) is 9.48. The number of hydrogen-bond acceptors (Lipinski definition) is 2. The zero-order chi connectivity index (χ0) is 4.50. The molecule has 5 N–H and O–H groups in total. The Morgan fingerprint density at radius 1 is 1.50 bits per heavy atom. The lowest BCUT2D eigenvalue weighted by Gasteiger charge is -1.98. The van der Waals surface area contributed by atoms with Gasteiger partial charge in [0.1, 0.15) is 0 Å². The number of halogens is 1. The van der Waals surface area contributed by atoms with Crippen molar-refractivity contribution in [1.29, 1.82) is 0 Å². The molecule has 0 unspecified atom stereocenters. The van der Waals surface area contributed by atoms with E-state index in [1.807, 2.05) is 0 Å². The average Bonchev–Trinajstić information content (AvgIpc) is 0.722. The lowest BCUT2D eigenvalue weighted by Crippen LogP contribution is -3.00. The molecule has 0 aliphatic heterocycles. The van der Waals surface area contributed by atoms with Gasteiger partial charge in [0.15, 0.2) is 0 Å². The first-order chi connectivity index (χ1) is 2.00. The van der Waals surface area contributed by atoms with E-state index >= 15 is 0 Å². The van der Waals surface area contributed by atoms with E-state index in [-0.39, 0.29) is 12.4 Å². The number of hydrogen-bond donors (Lipinski definition) is 3. The van der Waals surface area contributed by atoms with Crippen LogP contribution in [0.2, 0.25) is 0 Å². The number of rotatable bonds is 0. The predicted molar refractivity (Wildman–Crippen MR) is 15.7 cm³/mol. The lowest BCUT2D eigenvalue weighted by atomic mass is 10.6. The van der Waals surface area contributed by atoms with Gasteiger partial charge < -0.3 is 28.4 Å². The molecule has 0 aromatic carbocycles. The van der Waals surface area contributed by atoms with Crippen LogP contribution in [-0.2, 0) is 0 Å². The Balaban J connectivity index is 0. The van der Waals surface area contributed by atoms with Gasteiger partial charge in [0.2, 0.25) is 0 Å². The third-order valence-corrected chi connectivity index (χ3v) is 0. The van der Waals surface area contributed by atoms with Gasteiger partial charge in [0, 0.05) is 6.92 Å². The molecule has 4 heteroatoms. The first-order valence-corrected chi connectivity index (χ1v) is 1.30.